The van der Waals surface area contributed by atoms with Gasteiger partial charge in [0.1, 0.15) is 15.9 Å². The maximum Gasteiger partial charge on any atom is 0 e. The van der Waals surface area contributed by atoms with Crippen LogP contribution in [-0.2, 0) is 38.4 Å². The van der Waals surface area contributed by atoms with Gasteiger partial charge < -0.3 is 0 Å². The van der Waals surface area contributed by atoms with Gasteiger partial charge in [0.2, 0.25) is 0 Å². The first kappa shape index (κ1) is 57.6. The molecule has 0 bridgehead atoms. The summed E-state index contributed by atoms with van der Waals surface area (Å²) < 4.78 is 0. The quantitative estimate of drug-likeness (QED) is 0.0688. The predicted octanol–water partition coefficient (Wildman–Crippen LogP) is 14.4. The van der Waals surface area contributed by atoms with E-state index in [1.165, 1.54) is 64.2 Å². The van der Waals surface area contributed by atoms with Crippen LogP contribution in [-0.4, -0.2) is 5.29 Å². The van der Waals surface area contributed by atoms with Crippen LogP contribution in [0.25, 0.3) is 0 Å². The molecule has 8 heteroatoms. The van der Waals surface area contributed by atoms with Crippen LogP contribution in [0.3, 0.4) is 0 Å². The molecule has 0 radical (unpaired) electrons. The molecule has 10 rings (SSSR count). The van der Waals surface area contributed by atoms with E-state index >= 15 is 0 Å². The largest absolute Gasteiger partial charge is 0 e. The Morgan fingerprint density at radius 1 is 0.419 bits per heavy atom. The SMILES string of the molecule is CC(C)(C)C1=CC(=[PH](c2ccccc2)c2ccccc2)C([PH+](c2ccccc2)c2ccccc2)=C1.CC(C)(C)[c-]1cc(P(c2ccccc2)c2ccccc2)c(P(c2ccccc2)c2ccccc2)c1.[Cl][Pd][Cl].[Fe]. The third-order valence-corrected chi connectivity index (χ3v) is 23.7. The number of hydrogen-bond acceptors (Lipinski definition) is 0. The van der Waals surface area contributed by atoms with Crippen molar-refractivity contribution in [2.24, 2.45) is 5.41 Å². The molecule has 74 heavy (non-hydrogen) atoms. The van der Waals surface area contributed by atoms with Crippen molar-refractivity contribution in [3.63, 3.8) is 0 Å². The van der Waals surface area contributed by atoms with Gasteiger partial charge >= 0.3 is 35.0 Å². The third kappa shape index (κ3) is 14.7. The molecule has 0 unspecified atom stereocenters. The van der Waals surface area contributed by atoms with Gasteiger partial charge in [0.05, 0.1) is 7.92 Å². The monoisotopic (exact) mass is 1210 g/mol. The minimum atomic E-state index is -1.18. The Morgan fingerprint density at radius 3 is 0.986 bits per heavy atom. The van der Waals surface area contributed by atoms with E-state index in [-0.39, 0.29) is 43.8 Å². The molecule has 0 saturated heterocycles. The van der Waals surface area contributed by atoms with Crippen LogP contribution in [0.2, 0.25) is 0 Å². The molecule has 0 heterocycles. The van der Waals surface area contributed by atoms with Crippen molar-refractivity contribution in [3.8, 4) is 0 Å². The molecule has 0 amide bonds. The molecule has 0 atom stereocenters. The van der Waals surface area contributed by atoms with E-state index < -0.39 is 31.3 Å². The van der Waals surface area contributed by atoms with Crippen molar-refractivity contribution in [2.45, 2.75) is 47.0 Å². The second kappa shape index (κ2) is 27.8. The van der Waals surface area contributed by atoms with Gasteiger partial charge in [0, 0.05) is 22.4 Å². The predicted molar refractivity (Wildman–Crippen MR) is 331 cm³/mol. The van der Waals surface area contributed by atoms with Crippen LogP contribution >= 0.6 is 50.4 Å². The molecule has 9 aromatic rings. The van der Waals surface area contributed by atoms with Gasteiger partial charge in [-0.2, -0.15) is 28.3 Å². The fourth-order valence-electron chi connectivity index (χ4n) is 9.17. The Morgan fingerprint density at radius 2 is 0.703 bits per heavy atom. The van der Waals surface area contributed by atoms with E-state index in [1.807, 2.05) is 0 Å². The van der Waals surface area contributed by atoms with Crippen molar-refractivity contribution in [2.75, 3.05) is 0 Å². The molecule has 0 fully saturated rings. The van der Waals surface area contributed by atoms with E-state index in [4.69, 9.17) is 19.1 Å². The smallest absolute Gasteiger partial charge is 0 e. The van der Waals surface area contributed by atoms with Gasteiger partial charge in [-0.05, 0) is 79.2 Å². The number of halogens is 2. The van der Waals surface area contributed by atoms with E-state index in [2.05, 4.69) is 308 Å². The number of rotatable bonds is 11. The van der Waals surface area contributed by atoms with Crippen LogP contribution in [0.5, 0.6) is 0 Å². The normalized spacial score (nSPS) is 12.4. The van der Waals surface area contributed by atoms with Crippen LogP contribution in [0.15, 0.2) is 278 Å². The topological polar surface area (TPSA) is 0 Å². The van der Waals surface area contributed by atoms with Gasteiger partial charge in [0.15, 0.2) is 0 Å². The molecular weight excluding hydrogens is 1150 g/mol. The summed E-state index contributed by atoms with van der Waals surface area (Å²) in [5.74, 6) is 0. The summed E-state index contributed by atoms with van der Waals surface area (Å²) in [6, 6.07) is 94.0. The summed E-state index contributed by atoms with van der Waals surface area (Å²) in [5.41, 5.74) is 3.02. The van der Waals surface area contributed by atoms with Gasteiger partial charge in [-0.15, -0.1) is 0 Å². The van der Waals surface area contributed by atoms with Crippen molar-refractivity contribution in [3.05, 3.63) is 283 Å². The summed E-state index contributed by atoms with van der Waals surface area (Å²) in [6.45, 7) is 14.0. The molecule has 0 spiro atoms. The first-order valence-electron chi connectivity index (χ1n) is 24.7. The Kier molecular flexibility index (Phi) is 21.7. The Labute approximate surface area is 473 Å². The molecule has 0 nitrogen and oxygen atoms in total. The number of allylic oxidation sites excluding steroid dienone is 4. The Balaban J connectivity index is 0.000000203. The number of benzene rings is 8. The summed E-state index contributed by atoms with van der Waals surface area (Å²) in [5, 5.41) is 17.4. The van der Waals surface area contributed by atoms with E-state index in [1.54, 1.807) is 10.6 Å². The first-order valence-corrected chi connectivity index (χ1v) is 34.4. The molecule has 1 aliphatic rings. The second-order valence-electron chi connectivity index (χ2n) is 19.9. The standard InChI is InChI=1S/C33H32P2.C33H31P2.2ClH.Fe.Pd/c2*1-33(2,3)26-24-31(34(27-16-8-4-9-17-27)28-18-10-5-11-19-28)32(25-26)35(29-20-12-6-13-21-29)30-22-14-7-15-23-30;;;;/h4-25,34H,1-3H3;4-25H,1-3H3;2*1H;;/q;-1;;;;+2/p-1. The molecule has 0 aromatic heterocycles. The molecule has 0 N–H and O–H groups in total. The van der Waals surface area contributed by atoms with Gasteiger partial charge in [-0.25, -0.2) is 0 Å². The van der Waals surface area contributed by atoms with E-state index in [0.29, 0.717) is 0 Å². The van der Waals surface area contributed by atoms with Crippen molar-refractivity contribution in [1.82, 2.24) is 0 Å². The molecule has 1 aliphatic carbocycles. The van der Waals surface area contributed by atoms with Gasteiger partial charge in [-0.3, -0.25) is 0 Å². The van der Waals surface area contributed by atoms with Crippen LogP contribution in [0, 0.1) is 5.41 Å². The fourth-order valence-corrected chi connectivity index (χ4v) is 20.5. The Bertz CT molecular complexity index is 2950. The molecule has 9 aromatic carbocycles. The summed E-state index contributed by atoms with van der Waals surface area (Å²) in [6.07, 6.45) is 5.08. The summed E-state index contributed by atoms with van der Waals surface area (Å²) in [4.78, 5) is 0. The zero-order valence-corrected chi connectivity index (χ0v) is 50.7. The molecular formula is C66H64Cl2FeP4Pd. The van der Waals surface area contributed by atoms with Gasteiger partial charge in [0.25, 0.3) is 0 Å². The minimum absolute atomic E-state index is 0. The summed E-state index contributed by atoms with van der Waals surface area (Å²) in [7, 11) is 5.89. The number of hydrogen-bond donors (Lipinski definition) is 0. The van der Waals surface area contributed by atoms with Crippen molar-refractivity contribution >= 4 is 109 Å². The van der Waals surface area contributed by atoms with Crippen LogP contribution in [0.1, 0.15) is 47.1 Å². The zero-order valence-electron chi connectivity index (χ0n) is 42.7. The van der Waals surface area contributed by atoms with Crippen molar-refractivity contribution < 1.29 is 33.0 Å². The fraction of sp³-hybridized carbons (Fsp3) is 0.121. The summed E-state index contributed by atoms with van der Waals surface area (Å²) >= 11 is -0.106. The van der Waals surface area contributed by atoms with Crippen LogP contribution < -0.4 is 53.0 Å². The third-order valence-electron chi connectivity index (χ3n) is 12.8. The molecule has 0 aliphatic heterocycles. The van der Waals surface area contributed by atoms with E-state index in [9.17, 15) is 0 Å². The average molecular weight is 1210 g/mol. The molecule has 0 saturated carbocycles. The average Bonchev–Trinajstić information content (AvgIpc) is 4.06. The van der Waals surface area contributed by atoms with E-state index in [0.717, 1.165) is 0 Å². The minimum Gasteiger partial charge on any atom is 0 e. The van der Waals surface area contributed by atoms with Crippen molar-refractivity contribution in [1.29, 1.82) is 0 Å². The van der Waals surface area contributed by atoms with Crippen LogP contribution in [0.4, 0.5) is 0 Å². The first-order chi connectivity index (χ1) is 35.5. The zero-order chi connectivity index (χ0) is 51.2. The molecule has 380 valence electrons. The maximum absolute atomic E-state index is 4.81. The van der Waals surface area contributed by atoms with Gasteiger partial charge in [-0.1, -0.05) is 289 Å². The second-order valence-corrected chi connectivity index (χ2v) is 31.5. The maximum atomic E-state index is 4.81. The Hall–Kier alpha value is -4.06.